The summed E-state index contributed by atoms with van der Waals surface area (Å²) in [6.45, 7) is 5.59. The number of hydrogen-bond donors (Lipinski definition) is 1. The number of carboxylic acid groups (broad SMARTS) is 1. The molecule has 0 atom stereocenters. The fraction of sp³-hybridized carbons (Fsp3) is 0.333. The van der Waals surface area contributed by atoms with Crippen molar-refractivity contribution < 1.29 is 23.8 Å². The third-order valence-corrected chi connectivity index (χ3v) is 4.60. The quantitative estimate of drug-likeness (QED) is 0.498. The molecule has 0 bridgehead atoms. The van der Waals surface area contributed by atoms with E-state index in [9.17, 15) is 4.79 Å². The van der Waals surface area contributed by atoms with Gasteiger partial charge in [-0.1, -0.05) is 25.1 Å². The van der Waals surface area contributed by atoms with Crippen molar-refractivity contribution in [1.29, 1.82) is 0 Å². The summed E-state index contributed by atoms with van der Waals surface area (Å²) < 4.78 is 17.3. The predicted molar refractivity (Wildman–Crippen MR) is 114 cm³/mol. The molecule has 6 nitrogen and oxygen atoms in total. The number of carboxylic acids is 1. The summed E-state index contributed by atoms with van der Waals surface area (Å²) in [6.07, 6.45) is 2.45. The summed E-state index contributed by atoms with van der Waals surface area (Å²) in [4.78, 5) is 15.9. The largest absolute Gasteiger partial charge is 0.493 e. The molecule has 0 saturated heterocycles. The monoisotopic (exact) mass is 409 g/mol. The molecule has 1 N–H and O–H groups in total. The van der Waals surface area contributed by atoms with Gasteiger partial charge in [0.25, 0.3) is 0 Å². The van der Waals surface area contributed by atoms with E-state index in [0.717, 1.165) is 29.9 Å². The lowest BCUT2D eigenvalue weighted by atomic mass is 10.1. The summed E-state index contributed by atoms with van der Waals surface area (Å²) in [6, 6.07) is 16.8. The first-order chi connectivity index (χ1) is 14.4. The van der Waals surface area contributed by atoms with Gasteiger partial charge >= 0.3 is 5.97 Å². The minimum Gasteiger partial charge on any atom is -0.493 e. The van der Waals surface area contributed by atoms with E-state index in [1.54, 1.807) is 24.3 Å². The minimum absolute atomic E-state index is 0.457. The van der Waals surface area contributed by atoms with Crippen LogP contribution in [-0.4, -0.2) is 28.3 Å². The maximum absolute atomic E-state index is 11.2. The van der Waals surface area contributed by atoms with Gasteiger partial charge in [-0.3, -0.25) is 0 Å². The first-order valence-corrected chi connectivity index (χ1v) is 10.1. The molecule has 1 aromatic heterocycles. The lowest BCUT2D eigenvalue weighted by Gasteiger charge is -2.21. The number of rotatable bonds is 10. The number of aryl methyl sites for hydroxylation is 1. The van der Waals surface area contributed by atoms with E-state index in [1.807, 2.05) is 30.3 Å². The second-order valence-corrected chi connectivity index (χ2v) is 7.49. The van der Waals surface area contributed by atoms with Gasteiger partial charge < -0.3 is 19.0 Å². The molecular formula is C24H27NO5. The van der Waals surface area contributed by atoms with E-state index in [-0.39, 0.29) is 0 Å². The van der Waals surface area contributed by atoms with Gasteiger partial charge in [0.05, 0.1) is 12.3 Å². The SMILES string of the molecule is CCCc1oc(-c2ccccc2)nc1CCOc1ccc(OC(C)(C)C(=O)O)cc1. The van der Waals surface area contributed by atoms with Crippen LogP contribution < -0.4 is 9.47 Å². The number of aromatic nitrogens is 1. The molecule has 1 heterocycles. The Morgan fingerprint density at radius 1 is 1.03 bits per heavy atom. The highest BCUT2D eigenvalue weighted by atomic mass is 16.5. The Hall–Kier alpha value is -3.28. The second kappa shape index (κ2) is 9.48. The topological polar surface area (TPSA) is 81.8 Å². The lowest BCUT2D eigenvalue weighted by molar-refractivity contribution is -0.152. The molecular weight excluding hydrogens is 382 g/mol. The van der Waals surface area contributed by atoms with E-state index in [4.69, 9.17) is 19.0 Å². The summed E-state index contributed by atoms with van der Waals surface area (Å²) in [5.74, 6) is 1.67. The predicted octanol–water partition coefficient (Wildman–Crippen LogP) is 5.16. The van der Waals surface area contributed by atoms with Crippen LogP contribution in [0.3, 0.4) is 0 Å². The van der Waals surface area contributed by atoms with Crippen molar-refractivity contribution in [2.75, 3.05) is 6.61 Å². The van der Waals surface area contributed by atoms with Gasteiger partial charge in [-0.25, -0.2) is 9.78 Å². The third-order valence-electron chi connectivity index (χ3n) is 4.60. The smallest absolute Gasteiger partial charge is 0.347 e. The molecule has 158 valence electrons. The van der Waals surface area contributed by atoms with E-state index in [0.29, 0.717) is 30.4 Å². The van der Waals surface area contributed by atoms with E-state index in [1.165, 1.54) is 13.8 Å². The summed E-state index contributed by atoms with van der Waals surface area (Å²) in [5, 5.41) is 9.15. The maximum atomic E-state index is 11.2. The molecule has 0 unspecified atom stereocenters. The normalized spacial score (nSPS) is 11.3. The molecule has 0 amide bonds. The number of ether oxygens (including phenoxy) is 2. The van der Waals surface area contributed by atoms with Crippen molar-refractivity contribution in [3.05, 3.63) is 66.1 Å². The molecule has 0 radical (unpaired) electrons. The van der Waals surface area contributed by atoms with Gasteiger partial charge in [0.1, 0.15) is 17.3 Å². The molecule has 0 spiro atoms. The molecule has 2 aromatic carbocycles. The average Bonchev–Trinajstić information content (AvgIpc) is 3.13. The van der Waals surface area contributed by atoms with Crippen LogP contribution in [0.25, 0.3) is 11.5 Å². The molecule has 0 fully saturated rings. The lowest BCUT2D eigenvalue weighted by Crippen LogP contribution is -2.37. The van der Waals surface area contributed by atoms with Gasteiger partial charge in [0.2, 0.25) is 5.89 Å². The fourth-order valence-corrected chi connectivity index (χ4v) is 2.91. The van der Waals surface area contributed by atoms with Crippen LogP contribution in [0.5, 0.6) is 11.5 Å². The Kier molecular flexibility index (Phi) is 6.77. The highest BCUT2D eigenvalue weighted by molar-refractivity contribution is 5.76. The van der Waals surface area contributed by atoms with E-state index in [2.05, 4.69) is 11.9 Å². The molecule has 30 heavy (non-hydrogen) atoms. The molecule has 0 aliphatic carbocycles. The average molecular weight is 409 g/mol. The minimum atomic E-state index is -1.29. The zero-order valence-corrected chi connectivity index (χ0v) is 17.6. The molecule has 0 aliphatic rings. The van der Waals surface area contributed by atoms with Crippen LogP contribution in [0.15, 0.2) is 59.0 Å². The zero-order valence-electron chi connectivity index (χ0n) is 17.6. The Labute approximate surface area is 176 Å². The van der Waals surface area contributed by atoms with Gasteiger partial charge in [0, 0.05) is 18.4 Å². The van der Waals surface area contributed by atoms with Crippen LogP contribution in [-0.2, 0) is 17.6 Å². The van der Waals surface area contributed by atoms with Crippen molar-refractivity contribution in [1.82, 2.24) is 4.98 Å². The van der Waals surface area contributed by atoms with Crippen LogP contribution in [0.2, 0.25) is 0 Å². The number of carbonyl (C=O) groups is 1. The fourth-order valence-electron chi connectivity index (χ4n) is 2.91. The van der Waals surface area contributed by atoms with Crippen molar-refractivity contribution in [3.63, 3.8) is 0 Å². The molecule has 3 aromatic rings. The first-order valence-electron chi connectivity index (χ1n) is 10.1. The maximum Gasteiger partial charge on any atom is 0.347 e. The summed E-state index contributed by atoms with van der Waals surface area (Å²) >= 11 is 0. The van der Waals surface area contributed by atoms with Gasteiger partial charge in [-0.05, 0) is 56.7 Å². The highest BCUT2D eigenvalue weighted by Gasteiger charge is 2.29. The van der Waals surface area contributed by atoms with Crippen molar-refractivity contribution in [3.8, 4) is 23.0 Å². The summed E-state index contributed by atoms with van der Waals surface area (Å²) in [5.41, 5.74) is 0.585. The van der Waals surface area contributed by atoms with E-state index >= 15 is 0 Å². The molecule has 0 saturated carbocycles. The van der Waals surface area contributed by atoms with Crippen LogP contribution in [0.1, 0.15) is 38.6 Å². The molecule has 6 heteroatoms. The third kappa shape index (κ3) is 5.41. The van der Waals surface area contributed by atoms with Crippen molar-refractivity contribution in [2.24, 2.45) is 0 Å². The Balaban J connectivity index is 1.61. The van der Waals surface area contributed by atoms with Crippen LogP contribution in [0, 0.1) is 0 Å². The number of nitrogens with zero attached hydrogens (tertiary/aromatic N) is 1. The van der Waals surface area contributed by atoms with Gasteiger partial charge in [-0.15, -0.1) is 0 Å². The highest BCUT2D eigenvalue weighted by Crippen LogP contribution is 2.25. The van der Waals surface area contributed by atoms with Gasteiger partial charge in [-0.2, -0.15) is 0 Å². The van der Waals surface area contributed by atoms with Crippen molar-refractivity contribution in [2.45, 2.75) is 45.6 Å². The molecule has 0 aliphatic heterocycles. The number of aliphatic carboxylic acids is 1. The number of oxazole rings is 1. The zero-order chi connectivity index (χ0) is 21.6. The van der Waals surface area contributed by atoms with E-state index < -0.39 is 11.6 Å². The first kappa shape index (κ1) is 21.4. The van der Waals surface area contributed by atoms with Crippen LogP contribution in [0.4, 0.5) is 0 Å². The number of hydrogen-bond acceptors (Lipinski definition) is 5. The standard InChI is InChI=1S/C24H27NO5/c1-4-8-21-20(25-22(29-21)17-9-6-5-7-10-17)15-16-28-18-11-13-19(14-12-18)30-24(2,3)23(26)27/h5-7,9-14H,4,8,15-16H2,1-3H3,(H,26,27). The Bertz CT molecular complexity index is 961. The molecule has 3 rings (SSSR count). The number of benzene rings is 2. The van der Waals surface area contributed by atoms with Crippen LogP contribution >= 0.6 is 0 Å². The summed E-state index contributed by atoms with van der Waals surface area (Å²) in [7, 11) is 0. The Morgan fingerprint density at radius 3 is 2.33 bits per heavy atom. The van der Waals surface area contributed by atoms with Gasteiger partial charge in [0.15, 0.2) is 5.60 Å². The second-order valence-electron chi connectivity index (χ2n) is 7.49. The van der Waals surface area contributed by atoms with Crippen molar-refractivity contribution >= 4 is 5.97 Å². The Morgan fingerprint density at radius 2 is 1.70 bits per heavy atom.